The molecule has 1 amide bonds. The number of benzene rings is 3. The molecule has 1 heterocycles. The molecule has 176 valence electrons. The van der Waals surface area contributed by atoms with Crippen molar-refractivity contribution in [1.82, 2.24) is 14.9 Å². The number of imidazole rings is 1. The van der Waals surface area contributed by atoms with E-state index in [9.17, 15) is 4.79 Å². The zero-order valence-corrected chi connectivity index (χ0v) is 21.2. The first-order chi connectivity index (χ1) is 16.2. The van der Waals surface area contributed by atoms with Crippen LogP contribution in [0.5, 0.6) is 5.75 Å². The molecule has 1 aromatic heterocycles. The average molecular weight is 476 g/mol. The van der Waals surface area contributed by atoms with E-state index in [0.29, 0.717) is 22.2 Å². The third-order valence-electron chi connectivity index (χ3n) is 6.13. The van der Waals surface area contributed by atoms with E-state index < -0.39 is 6.04 Å². The number of para-hydroxylation sites is 2. The zero-order valence-electron chi connectivity index (χ0n) is 20.4. The van der Waals surface area contributed by atoms with Crippen molar-refractivity contribution in [3.05, 3.63) is 93.3 Å². The fourth-order valence-electron chi connectivity index (χ4n) is 4.68. The molecule has 34 heavy (non-hydrogen) atoms. The summed E-state index contributed by atoms with van der Waals surface area (Å²) >= 11 is 6.77. The quantitative estimate of drug-likeness (QED) is 0.334. The second-order valence-corrected chi connectivity index (χ2v) is 9.42. The molecular formula is C28H30ClN3O2. The van der Waals surface area contributed by atoms with Gasteiger partial charge in [-0.3, -0.25) is 4.79 Å². The molecule has 3 aromatic carbocycles. The van der Waals surface area contributed by atoms with Crippen LogP contribution >= 0.6 is 11.6 Å². The van der Waals surface area contributed by atoms with E-state index in [1.165, 1.54) is 0 Å². The molecule has 0 radical (unpaired) electrons. The molecular weight excluding hydrogens is 446 g/mol. The Bertz CT molecular complexity index is 1300. The maximum atomic E-state index is 14.2. The van der Waals surface area contributed by atoms with E-state index in [-0.39, 0.29) is 11.9 Å². The number of aromatic amines is 1. The Hall–Kier alpha value is -3.31. The second kappa shape index (κ2) is 9.51. The molecule has 4 aromatic rings. The van der Waals surface area contributed by atoms with Gasteiger partial charge in [-0.2, -0.15) is 0 Å². The average Bonchev–Trinajstić information content (AvgIpc) is 3.20. The third-order valence-corrected chi connectivity index (χ3v) is 6.46. The molecule has 1 atom stereocenters. The Kier molecular flexibility index (Phi) is 6.67. The monoisotopic (exact) mass is 475 g/mol. The van der Waals surface area contributed by atoms with Crippen molar-refractivity contribution in [2.45, 2.75) is 46.7 Å². The molecule has 1 N–H and O–H groups in total. The number of rotatable bonds is 6. The van der Waals surface area contributed by atoms with Crippen molar-refractivity contribution < 1.29 is 9.53 Å². The van der Waals surface area contributed by atoms with Gasteiger partial charge in [0, 0.05) is 22.2 Å². The zero-order chi connectivity index (χ0) is 24.6. The van der Waals surface area contributed by atoms with Crippen LogP contribution in [0, 0.1) is 20.8 Å². The summed E-state index contributed by atoms with van der Waals surface area (Å²) in [5.74, 6) is 1.27. The van der Waals surface area contributed by atoms with Gasteiger partial charge in [0.1, 0.15) is 17.6 Å². The predicted octanol–water partition coefficient (Wildman–Crippen LogP) is 6.79. The Labute approximate surface area is 205 Å². The molecule has 5 nitrogen and oxygen atoms in total. The molecule has 0 saturated heterocycles. The van der Waals surface area contributed by atoms with Gasteiger partial charge in [0.2, 0.25) is 0 Å². The topological polar surface area (TPSA) is 58.2 Å². The van der Waals surface area contributed by atoms with Crippen molar-refractivity contribution in [2.24, 2.45) is 0 Å². The summed E-state index contributed by atoms with van der Waals surface area (Å²) in [6.45, 7) is 10.1. The highest BCUT2D eigenvalue weighted by molar-refractivity contribution is 6.31. The molecule has 6 heteroatoms. The van der Waals surface area contributed by atoms with Crippen molar-refractivity contribution in [3.63, 3.8) is 0 Å². The summed E-state index contributed by atoms with van der Waals surface area (Å²) in [5, 5.41) is 0.514. The smallest absolute Gasteiger partial charge is 0.255 e. The normalized spacial score (nSPS) is 12.2. The highest BCUT2D eigenvalue weighted by atomic mass is 35.5. The van der Waals surface area contributed by atoms with Crippen LogP contribution in [0.1, 0.15) is 58.3 Å². The number of carbonyl (C=O) groups excluding carboxylic acids is 1. The summed E-state index contributed by atoms with van der Waals surface area (Å²) in [6.07, 6.45) is 0. The summed E-state index contributed by atoms with van der Waals surface area (Å²) in [6, 6.07) is 16.9. The van der Waals surface area contributed by atoms with Crippen LogP contribution in [0.15, 0.2) is 54.6 Å². The van der Waals surface area contributed by atoms with Crippen LogP contribution in [0.2, 0.25) is 5.02 Å². The molecule has 0 aliphatic rings. The lowest BCUT2D eigenvalue weighted by Gasteiger charge is -2.35. The van der Waals surface area contributed by atoms with Crippen molar-refractivity contribution in [2.75, 3.05) is 7.11 Å². The molecule has 0 fully saturated rings. The minimum Gasteiger partial charge on any atom is -0.497 e. The third kappa shape index (κ3) is 4.40. The lowest BCUT2D eigenvalue weighted by atomic mass is 9.95. The number of ether oxygens (including phenoxy) is 1. The largest absolute Gasteiger partial charge is 0.497 e. The van der Waals surface area contributed by atoms with Crippen LogP contribution in [0.3, 0.4) is 0 Å². The minimum atomic E-state index is -0.515. The fraction of sp³-hybridized carbons (Fsp3) is 0.286. The lowest BCUT2D eigenvalue weighted by molar-refractivity contribution is 0.0635. The molecule has 0 aliphatic carbocycles. The first kappa shape index (κ1) is 23.8. The standard InChI is InChI=1S/C28H30ClN3O2/c1-16(2)32(28(33)25-18(4)13-17(3)14-19(25)5)26(21-12-11-20(34-6)15-22(21)29)27-30-23-9-7-8-10-24(23)31-27/h7-16,26H,1-6H3,(H,30,31). The van der Waals surface area contributed by atoms with Crippen LogP contribution < -0.4 is 4.74 Å². The number of hydrogen-bond acceptors (Lipinski definition) is 3. The lowest BCUT2D eigenvalue weighted by Crippen LogP contribution is -2.41. The maximum absolute atomic E-state index is 14.2. The number of amides is 1. The summed E-state index contributed by atoms with van der Waals surface area (Å²) < 4.78 is 5.36. The maximum Gasteiger partial charge on any atom is 0.255 e. The van der Waals surface area contributed by atoms with Gasteiger partial charge in [0.25, 0.3) is 5.91 Å². The summed E-state index contributed by atoms with van der Waals surface area (Å²) in [5.41, 5.74) is 6.29. The van der Waals surface area contributed by atoms with Gasteiger partial charge in [-0.25, -0.2) is 4.98 Å². The van der Waals surface area contributed by atoms with Gasteiger partial charge in [-0.15, -0.1) is 0 Å². The summed E-state index contributed by atoms with van der Waals surface area (Å²) in [7, 11) is 1.61. The molecule has 1 unspecified atom stereocenters. The Balaban J connectivity index is 1.94. The number of nitrogens with one attached hydrogen (secondary N) is 1. The van der Waals surface area contributed by atoms with E-state index in [1.807, 2.05) is 75.9 Å². The molecule has 0 aliphatic heterocycles. The van der Waals surface area contributed by atoms with Crippen molar-refractivity contribution >= 4 is 28.5 Å². The van der Waals surface area contributed by atoms with E-state index in [2.05, 4.69) is 17.1 Å². The van der Waals surface area contributed by atoms with Gasteiger partial charge in [0.05, 0.1) is 18.1 Å². The second-order valence-electron chi connectivity index (χ2n) is 9.01. The van der Waals surface area contributed by atoms with E-state index in [4.69, 9.17) is 21.3 Å². The predicted molar refractivity (Wildman–Crippen MR) is 138 cm³/mol. The highest BCUT2D eigenvalue weighted by Crippen LogP contribution is 2.37. The fourth-order valence-corrected chi connectivity index (χ4v) is 4.96. The molecule has 0 saturated carbocycles. The Morgan fingerprint density at radius 2 is 1.71 bits per heavy atom. The van der Waals surface area contributed by atoms with E-state index >= 15 is 0 Å². The highest BCUT2D eigenvalue weighted by Gasteiger charge is 2.34. The van der Waals surface area contributed by atoms with Gasteiger partial charge in [0.15, 0.2) is 0 Å². The Morgan fingerprint density at radius 3 is 2.29 bits per heavy atom. The first-order valence-electron chi connectivity index (χ1n) is 11.4. The number of methoxy groups -OCH3 is 1. The number of aryl methyl sites for hydroxylation is 3. The van der Waals surface area contributed by atoms with Crippen molar-refractivity contribution in [1.29, 1.82) is 0 Å². The van der Waals surface area contributed by atoms with E-state index in [0.717, 1.165) is 33.3 Å². The summed E-state index contributed by atoms with van der Waals surface area (Å²) in [4.78, 5) is 24.4. The van der Waals surface area contributed by atoms with Gasteiger partial charge < -0.3 is 14.6 Å². The number of nitrogens with zero attached hydrogens (tertiary/aromatic N) is 2. The van der Waals surface area contributed by atoms with Gasteiger partial charge in [-0.1, -0.05) is 47.5 Å². The molecule has 0 bridgehead atoms. The van der Waals surface area contributed by atoms with Gasteiger partial charge in [-0.05, 0) is 70.0 Å². The van der Waals surface area contributed by atoms with Crippen LogP contribution in [0.25, 0.3) is 11.0 Å². The van der Waals surface area contributed by atoms with Crippen LogP contribution in [-0.4, -0.2) is 33.9 Å². The number of H-pyrrole nitrogens is 1. The van der Waals surface area contributed by atoms with Crippen LogP contribution in [-0.2, 0) is 0 Å². The first-order valence-corrected chi connectivity index (χ1v) is 11.8. The number of halogens is 1. The number of fused-ring (bicyclic) bond motifs is 1. The SMILES string of the molecule is COc1ccc(C(c2nc3ccccc3[nH]2)N(C(=O)c2c(C)cc(C)cc2C)C(C)C)c(Cl)c1. The molecule has 0 spiro atoms. The van der Waals surface area contributed by atoms with Crippen molar-refractivity contribution in [3.8, 4) is 5.75 Å². The minimum absolute atomic E-state index is 0.0534. The number of carbonyl (C=O) groups is 1. The van der Waals surface area contributed by atoms with E-state index in [1.54, 1.807) is 13.2 Å². The van der Waals surface area contributed by atoms with Gasteiger partial charge >= 0.3 is 0 Å². The number of hydrogen-bond donors (Lipinski definition) is 1. The number of aromatic nitrogens is 2. The molecule has 4 rings (SSSR count). The van der Waals surface area contributed by atoms with Crippen LogP contribution in [0.4, 0.5) is 0 Å². The Morgan fingerprint density at radius 1 is 1.03 bits per heavy atom.